The number of amides is 3. The number of halogens is 1. The van der Waals surface area contributed by atoms with Gasteiger partial charge >= 0.3 is 6.03 Å². The zero-order chi connectivity index (χ0) is 27.3. The van der Waals surface area contributed by atoms with Crippen molar-refractivity contribution < 1.29 is 19.1 Å². The SMILES string of the molecule is COCc1cccc(Cl)c1.Nc1ccc(CNC(=O)NCC(=O)N2CCCN2c2cccc(C=O)c2)cc1. The molecule has 4 N–H and O–H groups in total. The van der Waals surface area contributed by atoms with Crippen molar-refractivity contribution >= 4 is 41.2 Å². The number of carbonyl (C=O) groups excluding carboxylic acids is 3. The van der Waals surface area contributed by atoms with Crippen molar-refractivity contribution in [2.24, 2.45) is 0 Å². The molecule has 10 heteroatoms. The molecule has 1 heterocycles. The van der Waals surface area contributed by atoms with E-state index in [4.69, 9.17) is 22.1 Å². The predicted molar refractivity (Wildman–Crippen MR) is 149 cm³/mol. The van der Waals surface area contributed by atoms with Crippen molar-refractivity contribution in [3.63, 3.8) is 0 Å². The summed E-state index contributed by atoms with van der Waals surface area (Å²) >= 11 is 5.73. The highest BCUT2D eigenvalue weighted by Gasteiger charge is 2.27. The highest BCUT2D eigenvalue weighted by atomic mass is 35.5. The fourth-order valence-electron chi connectivity index (χ4n) is 3.82. The number of carbonyl (C=O) groups is 3. The quantitative estimate of drug-likeness (QED) is 0.295. The van der Waals surface area contributed by atoms with E-state index in [1.165, 1.54) is 0 Å². The molecular formula is C28H32ClN5O4. The number of methoxy groups -OCH3 is 1. The number of hydrazine groups is 1. The van der Waals surface area contributed by atoms with Crippen molar-refractivity contribution in [1.82, 2.24) is 15.6 Å². The Kier molecular flexibility index (Phi) is 11.0. The van der Waals surface area contributed by atoms with Crippen LogP contribution in [-0.4, -0.2) is 50.0 Å². The van der Waals surface area contributed by atoms with Crippen LogP contribution in [0.3, 0.4) is 0 Å². The first kappa shape index (κ1) is 28.5. The zero-order valence-corrected chi connectivity index (χ0v) is 22.0. The molecule has 0 radical (unpaired) electrons. The number of nitrogens with one attached hydrogen (secondary N) is 2. The predicted octanol–water partition coefficient (Wildman–Crippen LogP) is 4.02. The monoisotopic (exact) mass is 537 g/mol. The van der Waals surface area contributed by atoms with E-state index in [1.807, 2.05) is 47.5 Å². The summed E-state index contributed by atoms with van der Waals surface area (Å²) in [6.45, 7) is 2.10. The minimum atomic E-state index is -0.418. The van der Waals surface area contributed by atoms with E-state index in [-0.39, 0.29) is 12.5 Å². The number of hydrogen-bond donors (Lipinski definition) is 3. The Balaban J connectivity index is 0.000000336. The lowest BCUT2D eigenvalue weighted by Crippen LogP contribution is -2.48. The lowest BCUT2D eigenvalue weighted by Gasteiger charge is -2.30. The first-order valence-electron chi connectivity index (χ1n) is 12.1. The van der Waals surface area contributed by atoms with Gasteiger partial charge in [-0.3, -0.25) is 19.6 Å². The van der Waals surface area contributed by atoms with Crippen LogP contribution in [0.5, 0.6) is 0 Å². The Morgan fingerprint density at radius 2 is 1.76 bits per heavy atom. The van der Waals surface area contributed by atoms with E-state index in [9.17, 15) is 14.4 Å². The molecule has 1 aliphatic heterocycles. The molecule has 3 aromatic carbocycles. The average Bonchev–Trinajstić information content (AvgIpc) is 3.42. The molecule has 0 atom stereocenters. The minimum Gasteiger partial charge on any atom is -0.399 e. The Morgan fingerprint density at radius 3 is 2.47 bits per heavy atom. The molecule has 0 saturated carbocycles. The topological polar surface area (TPSA) is 117 Å². The molecule has 38 heavy (non-hydrogen) atoms. The Morgan fingerprint density at radius 1 is 1.00 bits per heavy atom. The summed E-state index contributed by atoms with van der Waals surface area (Å²) < 4.78 is 4.92. The van der Waals surface area contributed by atoms with Crippen LogP contribution in [0.15, 0.2) is 72.8 Å². The third-order valence-electron chi connectivity index (χ3n) is 5.66. The second-order valence-corrected chi connectivity index (χ2v) is 8.98. The number of urea groups is 1. The molecule has 1 saturated heterocycles. The molecule has 1 aliphatic rings. The highest BCUT2D eigenvalue weighted by molar-refractivity contribution is 6.30. The van der Waals surface area contributed by atoms with E-state index >= 15 is 0 Å². The summed E-state index contributed by atoms with van der Waals surface area (Å²) in [6, 6.07) is 21.5. The summed E-state index contributed by atoms with van der Waals surface area (Å²) in [5, 5.41) is 9.49. The van der Waals surface area contributed by atoms with Crippen molar-refractivity contribution in [1.29, 1.82) is 0 Å². The summed E-state index contributed by atoms with van der Waals surface area (Å²) in [5.41, 5.74) is 9.64. The van der Waals surface area contributed by atoms with Crippen LogP contribution < -0.4 is 21.4 Å². The summed E-state index contributed by atoms with van der Waals surface area (Å²) in [6.07, 6.45) is 1.60. The van der Waals surface area contributed by atoms with Crippen LogP contribution in [0.1, 0.15) is 27.9 Å². The maximum absolute atomic E-state index is 12.6. The lowest BCUT2D eigenvalue weighted by molar-refractivity contribution is -0.129. The molecule has 0 spiro atoms. The lowest BCUT2D eigenvalue weighted by atomic mass is 10.2. The minimum absolute atomic E-state index is 0.114. The molecule has 1 fully saturated rings. The van der Waals surface area contributed by atoms with Crippen molar-refractivity contribution in [2.45, 2.75) is 19.6 Å². The maximum Gasteiger partial charge on any atom is 0.315 e. The van der Waals surface area contributed by atoms with Crippen LogP contribution in [0.2, 0.25) is 5.02 Å². The molecule has 0 bridgehead atoms. The van der Waals surface area contributed by atoms with Gasteiger partial charge in [-0.15, -0.1) is 0 Å². The van der Waals surface area contributed by atoms with Crippen LogP contribution in [0.25, 0.3) is 0 Å². The number of aldehydes is 1. The van der Waals surface area contributed by atoms with Crippen LogP contribution in [0, 0.1) is 0 Å². The normalized spacial score (nSPS) is 12.4. The number of nitrogens with zero attached hydrogens (tertiary/aromatic N) is 2. The third kappa shape index (κ3) is 8.79. The molecular weight excluding hydrogens is 506 g/mol. The Hall–Kier alpha value is -4.08. The average molecular weight is 538 g/mol. The fourth-order valence-corrected chi connectivity index (χ4v) is 4.03. The Labute approximate surface area is 227 Å². The van der Waals surface area contributed by atoms with E-state index in [2.05, 4.69) is 10.6 Å². The molecule has 4 rings (SSSR count). The van der Waals surface area contributed by atoms with Crippen molar-refractivity contribution in [3.05, 3.63) is 94.5 Å². The number of ether oxygens (including phenoxy) is 1. The summed E-state index contributed by atoms with van der Waals surface area (Å²) in [7, 11) is 1.67. The zero-order valence-electron chi connectivity index (χ0n) is 21.2. The van der Waals surface area contributed by atoms with Crippen LogP contribution >= 0.6 is 11.6 Å². The third-order valence-corrected chi connectivity index (χ3v) is 5.89. The largest absolute Gasteiger partial charge is 0.399 e. The Bertz CT molecular complexity index is 1220. The van der Waals surface area contributed by atoms with Gasteiger partial charge in [0.15, 0.2) is 0 Å². The molecule has 0 aromatic heterocycles. The molecule has 3 aromatic rings. The van der Waals surface area contributed by atoms with Crippen LogP contribution in [0.4, 0.5) is 16.2 Å². The van der Waals surface area contributed by atoms with Crippen molar-refractivity contribution in [3.8, 4) is 0 Å². The van der Waals surface area contributed by atoms with Gasteiger partial charge in [0.25, 0.3) is 5.91 Å². The number of benzene rings is 3. The van der Waals surface area contributed by atoms with E-state index < -0.39 is 6.03 Å². The van der Waals surface area contributed by atoms with Gasteiger partial charge in [-0.25, -0.2) is 4.79 Å². The molecule has 0 aliphatic carbocycles. The number of rotatable bonds is 8. The van der Waals surface area contributed by atoms with Gasteiger partial charge in [0.1, 0.15) is 12.8 Å². The summed E-state index contributed by atoms with van der Waals surface area (Å²) in [4.78, 5) is 35.5. The first-order valence-corrected chi connectivity index (χ1v) is 12.5. The standard InChI is InChI=1S/C20H23N5O3.C8H9ClO/c21-17-7-5-15(6-8-17)12-22-20(28)23-13-19(27)25-10-2-9-24(25)18-4-1-3-16(11-18)14-26;1-10-6-7-3-2-4-8(9)5-7/h1,3-8,11,14H,2,9-10,12-13,21H2,(H2,22,23,28);2-5H,6H2,1H3. The summed E-state index contributed by atoms with van der Waals surface area (Å²) in [5.74, 6) is -0.211. The number of hydrogen-bond acceptors (Lipinski definition) is 6. The van der Waals surface area contributed by atoms with Crippen molar-refractivity contribution in [2.75, 3.05) is 37.5 Å². The molecule has 200 valence electrons. The van der Waals surface area contributed by atoms with Gasteiger partial charge < -0.3 is 21.1 Å². The smallest absolute Gasteiger partial charge is 0.315 e. The van der Waals surface area contributed by atoms with Gasteiger partial charge in [-0.1, -0.05) is 48.0 Å². The fraction of sp³-hybridized carbons (Fsp3) is 0.250. The second-order valence-electron chi connectivity index (χ2n) is 8.55. The maximum atomic E-state index is 12.6. The van der Waals surface area contributed by atoms with E-state index in [0.29, 0.717) is 37.5 Å². The number of nitrogens with two attached hydrogens (primary N) is 1. The highest BCUT2D eigenvalue weighted by Crippen LogP contribution is 2.22. The molecule has 9 nitrogen and oxygen atoms in total. The van der Waals surface area contributed by atoms with Gasteiger partial charge in [0.05, 0.1) is 12.3 Å². The van der Waals surface area contributed by atoms with Crippen LogP contribution in [-0.2, 0) is 22.7 Å². The first-order chi connectivity index (χ1) is 18.4. The second kappa shape index (κ2) is 14.6. The van der Waals surface area contributed by atoms with Gasteiger partial charge in [-0.05, 0) is 53.9 Å². The van der Waals surface area contributed by atoms with Gasteiger partial charge in [-0.2, -0.15) is 0 Å². The number of nitrogen functional groups attached to an aromatic ring is 1. The molecule has 3 amide bonds. The van der Waals surface area contributed by atoms with Gasteiger partial charge in [0.2, 0.25) is 0 Å². The van der Waals surface area contributed by atoms with E-state index in [1.54, 1.807) is 42.5 Å². The number of anilines is 2. The van der Waals surface area contributed by atoms with Gasteiger partial charge in [0, 0.05) is 43.0 Å². The molecule has 0 unspecified atom stereocenters. The van der Waals surface area contributed by atoms with E-state index in [0.717, 1.165) is 34.5 Å².